The van der Waals surface area contributed by atoms with Crippen LogP contribution >= 0.6 is 11.3 Å². The third-order valence-electron chi connectivity index (χ3n) is 1.16. The molecule has 0 amide bonds. The van der Waals surface area contributed by atoms with Gasteiger partial charge in [-0.15, -0.1) is 0 Å². The molecule has 46 valence electrons. The van der Waals surface area contributed by atoms with Crippen LogP contribution in [0.4, 0.5) is 0 Å². The molecule has 0 aliphatic carbocycles. The van der Waals surface area contributed by atoms with Crippen molar-refractivity contribution in [3.05, 3.63) is 17.0 Å². The first-order valence-corrected chi connectivity index (χ1v) is 3.65. The van der Waals surface area contributed by atoms with Gasteiger partial charge in [0.2, 0.25) is 0 Å². The van der Waals surface area contributed by atoms with Crippen LogP contribution in [-0.2, 0) is 6.42 Å². The monoisotopic (exact) mass is 138 g/mol. The summed E-state index contributed by atoms with van der Waals surface area (Å²) in [5.74, 6) is 0. The van der Waals surface area contributed by atoms with E-state index in [2.05, 4.69) is 0 Å². The second kappa shape index (κ2) is 3.04. The van der Waals surface area contributed by atoms with E-state index in [1.165, 1.54) is 11.3 Å². The number of thiophene rings is 1. The predicted molar refractivity (Wildman–Crippen MR) is 40.5 cm³/mol. The van der Waals surface area contributed by atoms with Gasteiger partial charge in [0.05, 0.1) is 0 Å². The lowest BCUT2D eigenvalue weighted by Crippen LogP contribution is -2.04. The van der Waals surface area contributed by atoms with Gasteiger partial charge in [0, 0.05) is 6.61 Å². The van der Waals surface area contributed by atoms with E-state index in [1.54, 1.807) is 0 Å². The molecule has 0 unspecified atom stereocenters. The number of aliphatic hydroxyl groups is 1. The number of rotatable bonds is 2. The van der Waals surface area contributed by atoms with Crippen LogP contribution in [0, 0.1) is 0 Å². The van der Waals surface area contributed by atoms with Gasteiger partial charge < -0.3 is 5.11 Å². The molecule has 2 radical (unpaired) electrons. The Morgan fingerprint density at radius 2 is 2.44 bits per heavy atom. The standard InChI is InChI=1S/C6H7BOS/c7-6-5(1-3-8)2-4-9-6/h2,4,8H,1,3H2. The van der Waals surface area contributed by atoms with Crippen LogP contribution < -0.4 is 4.78 Å². The highest BCUT2D eigenvalue weighted by Gasteiger charge is 1.95. The van der Waals surface area contributed by atoms with Crippen LogP contribution in [0.15, 0.2) is 11.4 Å². The second-order valence-electron chi connectivity index (χ2n) is 1.78. The van der Waals surface area contributed by atoms with Crippen LogP contribution in [0.5, 0.6) is 0 Å². The van der Waals surface area contributed by atoms with Gasteiger partial charge in [-0.25, -0.2) is 0 Å². The normalized spacial score (nSPS) is 9.89. The molecule has 0 spiro atoms. The van der Waals surface area contributed by atoms with Gasteiger partial charge >= 0.3 is 0 Å². The average Bonchev–Trinajstić information content (AvgIpc) is 2.18. The highest BCUT2D eigenvalue weighted by atomic mass is 32.1. The van der Waals surface area contributed by atoms with Crippen molar-refractivity contribution in [2.24, 2.45) is 0 Å². The first-order valence-electron chi connectivity index (χ1n) is 2.77. The van der Waals surface area contributed by atoms with Gasteiger partial charge in [0.1, 0.15) is 7.85 Å². The molecule has 3 heteroatoms. The molecule has 1 nitrogen and oxygen atoms in total. The lowest BCUT2D eigenvalue weighted by Gasteiger charge is -1.92. The minimum atomic E-state index is 0.181. The smallest absolute Gasteiger partial charge is 0.129 e. The number of aliphatic hydroxyl groups excluding tert-OH is 1. The number of hydrogen-bond acceptors (Lipinski definition) is 2. The summed E-state index contributed by atoms with van der Waals surface area (Å²) in [7, 11) is 5.53. The Hall–Kier alpha value is -0.275. The van der Waals surface area contributed by atoms with Gasteiger partial charge in [0.25, 0.3) is 0 Å². The van der Waals surface area contributed by atoms with Gasteiger partial charge in [-0.3, -0.25) is 0 Å². The van der Waals surface area contributed by atoms with E-state index >= 15 is 0 Å². The molecule has 0 saturated carbocycles. The Labute approximate surface area is 59.7 Å². The van der Waals surface area contributed by atoms with E-state index in [0.717, 1.165) is 10.3 Å². The van der Waals surface area contributed by atoms with E-state index in [1.807, 2.05) is 11.4 Å². The molecule has 0 aliphatic heterocycles. The van der Waals surface area contributed by atoms with Crippen molar-refractivity contribution in [1.82, 2.24) is 0 Å². The Bertz CT molecular complexity index is 185. The molecule has 0 bridgehead atoms. The van der Waals surface area contributed by atoms with E-state index < -0.39 is 0 Å². The molecule has 0 atom stereocenters. The summed E-state index contributed by atoms with van der Waals surface area (Å²) in [6.45, 7) is 0.181. The highest BCUT2D eigenvalue weighted by molar-refractivity contribution is 7.18. The first-order chi connectivity index (χ1) is 4.34. The predicted octanol–water partition coefficient (Wildman–Crippen LogP) is 0.0767. The summed E-state index contributed by atoms with van der Waals surface area (Å²) in [6, 6.07) is 1.94. The van der Waals surface area contributed by atoms with Gasteiger partial charge in [-0.05, 0) is 28.2 Å². The maximum absolute atomic E-state index is 8.51. The Balaban J connectivity index is 2.69. The summed E-state index contributed by atoms with van der Waals surface area (Å²) in [5, 5.41) is 10.4. The second-order valence-corrected chi connectivity index (χ2v) is 2.73. The maximum Gasteiger partial charge on any atom is 0.129 e. The average molecular weight is 138 g/mol. The summed E-state index contributed by atoms with van der Waals surface area (Å²) in [6.07, 6.45) is 0.676. The Morgan fingerprint density at radius 1 is 1.67 bits per heavy atom. The third kappa shape index (κ3) is 1.56. The zero-order valence-corrected chi connectivity index (χ0v) is 5.82. The summed E-state index contributed by atoms with van der Waals surface area (Å²) in [4.78, 5) is 0. The molecule has 1 aromatic rings. The Kier molecular flexibility index (Phi) is 2.31. The largest absolute Gasteiger partial charge is 0.396 e. The van der Waals surface area contributed by atoms with E-state index in [0.29, 0.717) is 6.42 Å². The molecule has 1 aromatic heterocycles. The SMILES string of the molecule is [B]c1sccc1CCO. The van der Waals surface area contributed by atoms with Crippen molar-refractivity contribution in [3.63, 3.8) is 0 Å². The quantitative estimate of drug-likeness (QED) is 0.573. The van der Waals surface area contributed by atoms with Gasteiger partial charge in [0.15, 0.2) is 0 Å². The molecule has 1 rings (SSSR count). The first kappa shape index (κ1) is 6.84. The topological polar surface area (TPSA) is 20.2 Å². The summed E-state index contributed by atoms with van der Waals surface area (Å²) < 4.78 is 0.823. The fourth-order valence-corrected chi connectivity index (χ4v) is 1.37. The van der Waals surface area contributed by atoms with Crippen molar-refractivity contribution < 1.29 is 5.11 Å². The lowest BCUT2D eigenvalue weighted by atomic mass is 10.0. The number of hydrogen-bond donors (Lipinski definition) is 1. The fraction of sp³-hybridized carbons (Fsp3) is 0.333. The highest BCUT2D eigenvalue weighted by Crippen LogP contribution is 2.01. The zero-order chi connectivity index (χ0) is 6.69. The van der Waals surface area contributed by atoms with Crippen LogP contribution in [0.1, 0.15) is 5.56 Å². The molecular weight excluding hydrogens is 131 g/mol. The van der Waals surface area contributed by atoms with Crippen molar-refractivity contribution in [1.29, 1.82) is 0 Å². The van der Waals surface area contributed by atoms with Gasteiger partial charge in [-0.1, -0.05) is 0 Å². The minimum Gasteiger partial charge on any atom is -0.396 e. The molecule has 0 saturated heterocycles. The van der Waals surface area contributed by atoms with E-state index in [4.69, 9.17) is 13.0 Å². The fourth-order valence-electron chi connectivity index (χ4n) is 0.674. The van der Waals surface area contributed by atoms with Crippen LogP contribution in [0.2, 0.25) is 0 Å². The Morgan fingerprint density at radius 3 is 2.89 bits per heavy atom. The molecule has 1 N–H and O–H groups in total. The third-order valence-corrected chi connectivity index (χ3v) is 1.95. The molecule has 0 aromatic carbocycles. The van der Waals surface area contributed by atoms with Crippen LogP contribution in [0.3, 0.4) is 0 Å². The van der Waals surface area contributed by atoms with Gasteiger partial charge in [-0.2, -0.15) is 11.3 Å². The molecular formula is C6H7BOS. The zero-order valence-electron chi connectivity index (χ0n) is 5.00. The van der Waals surface area contributed by atoms with Crippen molar-refractivity contribution in [2.75, 3.05) is 6.61 Å². The molecule has 0 fully saturated rings. The molecule has 1 heterocycles. The molecule has 0 aliphatic rings. The van der Waals surface area contributed by atoms with Crippen molar-refractivity contribution in [3.8, 4) is 0 Å². The molecule has 9 heavy (non-hydrogen) atoms. The summed E-state index contributed by atoms with van der Waals surface area (Å²) >= 11 is 1.51. The van der Waals surface area contributed by atoms with E-state index in [-0.39, 0.29) is 6.61 Å². The lowest BCUT2D eigenvalue weighted by molar-refractivity contribution is 0.300. The van der Waals surface area contributed by atoms with E-state index in [9.17, 15) is 0 Å². The van der Waals surface area contributed by atoms with Crippen LogP contribution in [0.25, 0.3) is 0 Å². The maximum atomic E-state index is 8.51. The van der Waals surface area contributed by atoms with Crippen molar-refractivity contribution in [2.45, 2.75) is 6.42 Å². The summed E-state index contributed by atoms with van der Waals surface area (Å²) in [5.41, 5.74) is 1.06. The van der Waals surface area contributed by atoms with Crippen molar-refractivity contribution >= 4 is 24.0 Å². The minimum absolute atomic E-state index is 0.181. The van der Waals surface area contributed by atoms with Crippen LogP contribution in [-0.4, -0.2) is 19.6 Å².